The van der Waals surface area contributed by atoms with Gasteiger partial charge in [0.15, 0.2) is 0 Å². The van der Waals surface area contributed by atoms with Crippen molar-refractivity contribution in [3.8, 4) is 5.75 Å². The number of hydrogen-bond donors (Lipinski definition) is 1. The van der Waals surface area contributed by atoms with Gasteiger partial charge in [-0.1, -0.05) is 17.7 Å². The van der Waals surface area contributed by atoms with Gasteiger partial charge in [-0.25, -0.2) is 0 Å². The first-order chi connectivity index (χ1) is 6.13. The maximum absolute atomic E-state index is 5.62. The Morgan fingerprint density at radius 1 is 1.38 bits per heavy atom. The minimum absolute atomic E-state index is 0.202. The Hall–Kier alpha value is -1.02. The second-order valence-electron chi connectivity index (χ2n) is 3.48. The molecule has 0 aliphatic heterocycles. The smallest absolute Gasteiger partial charge is 0.124 e. The van der Waals surface area contributed by atoms with Gasteiger partial charge in [0.1, 0.15) is 5.75 Å². The Bertz CT molecular complexity index is 281. The van der Waals surface area contributed by atoms with E-state index in [0.29, 0.717) is 6.54 Å². The van der Waals surface area contributed by atoms with Crippen LogP contribution in [0.5, 0.6) is 5.75 Å². The summed E-state index contributed by atoms with van der Waals surface area (Å²) < 4.78 is 5.61. The monoisotopic (exact) mass is 179 g/mol. The van der Waals surface area contributed by atoms with Crippen molar-refractivity contribution in [2.45, 2.75) is 33.4 Å². The predicted molar refractivity (Wildman–Crippen MR) is 54.8 cm³/mol. The fourth-order valence-electron chi connectivity index (χ4n) is 1.24. The van der Waals surface area contributed by atoms with Gasteiger partial charge in [0, 0.05) is 12.1 Å². The summed E-state index contributed by atoms with van der Waals surface area (Å²) in [6, 6.07) is 6.09. The van der Waals surface area contributed by atoms with E-state index < -0.39 is 0 Å². The number of rotatable bonds is 3. The van der Waals surface area contributed by atoms with Crippen molar-refractivity contribution in [1.29, 1.82) is 0 Å². The lowest BCUT2D eigenvalue weighted by Gasteiger charge is -2.13. The van der Waals surface area contributed by atoms with Crippen LogP contribution in [0.2, 0.25) is 0 Å². The first-order valence-electron chi connectivity index (χ1n) is 4.59. The fraction of sp³-hybridized carbons (Fsp3) is 0.455. The summed E-state index contributed by atoms with van der Waals surface area (Å²) >= 11 is 0. The molecule has 0 unspecified atom stereocenters. The molecule has 0 atom stereocenters. The number of ether oxygens (including phenoxy) is 1. The minimum atomic E-state index is 0.202. The van der Waals surface area contributed by atoms with Gasteiger partial charge in [0.05, 0.1) is 6.10 Å². The molecule has 1 aromatic carbocycles. The summed E-state index contributed by atoms with van der Waals surface area (Å²) in [5, 5.41) is 0. The maximum Gasteiger partial charge on any atom is 0.124 e. The summed E-state index contributed by atoms with van der Waals surface area (Å²) in [4.78, 5) is 0. The molecule has 0 aromatic heterocycles. The Labute approximate surface area is 79.7 Å². The third kappa shape index (κ3) is 2.74. The van der Waals surface area contributed by atoms with Crippen molar-refractivity contribution >= 4 is 0 Å². The Morgan fingerprint density at radius 3 is 2.62 bits per heavy atom. The van der Waals surface area contributed by atoms with Gasteiger partial charge in [0.2, 0.25) is 0 Å². The lowest BCUT2D eigenvalue weighted by molar-refractivity contribution is 0.240. The zero-order valence-electron chi connectivity index (χ0n) is 8.50. The topological polar surface area (TPSA) is 35.2 Å². The molecular weight excluding hydrogens is 162 g/mol. The van der Waals surface area contributed by atoms with Crippen LogP contribution in [-0.4, -0.2) is 6.10 Å². The van der Waals surface area contributed by atoms with E-state index in [9.17, 15) is 0 Å². The van der Waals surface area contributed by atoms with Crippen LogP contribution in [-0.2, 0) is 6.54 Å². The zero-order chi connectivity index (χ0) is 9.84. The Morgan fingerprint density at radius 2 is 2.08 bits per heavy atom. The molecule has 1 aromatic rings. The van der Waals surface area contributed by atoms with Crippen molar-refractivity contribution in [2.24, 2.45) is 5.73 Å². The molecule has 1 rings (SSSR count). The Balaban J connectivity index is 2.92. The third-order valence-electron chi connectivity index (χ3n) is 1.80. The third-order valence-corrected chi connectivity index (χ3v) is 1.80. The summed E-state index contributed by atoms with van der Waals surface area (Å²) in [6.07, 6.45) is 0.202. The summed E-state index contributed by atoms with van der Waals surface area (Å²) in [5.41, 5.74) is 7.91. The van der Waals surface area contributed by atoms with Crippen molar-refractivity contribution < 1.29 is 4.74 Å². The molecule has 0 spiro atoms. The van der Waals surface area contributed by atoms with Crippen molar-refractivity contribution in [3.05, 3.63) is 29.3 Å². The predicted octanol–water partition coefficient (Wildman–Crippen LogP) is 2.24. The van der Waals surface area contributed by atoms with E-state index in [0.717, 1.165) is 11.3 Å². The molecule has 0 saturated heterocycles. The highest BCUT2D eigenvalue weighted by molar-refractivity contribution is 5.36. The van der Waals surface area contributed by atoms with Gasteiger partial charge in [-0.2, -0.15) is 0 Å². The van der Waals surface area contributed by atoms with Crippen LogP contribution in [0.15, 0.2) is 18.2 Å². The molecule has 13 heavy (non-hydrogen) atoms. The fourth-order valence-corrected chi connectivity index (χ4v) is 1.24. The molecule has 2 nitrogen and oxygen atoms in total. The molecule has 0 radical (unpaired) electrons. The van der Waals surface area contributed by atoms with Crippen LogP contribution in [0.1, 0.15) is 25.0 Å². The van der Waals surface area contributed by atoms with Gasteiger partial charge >= 0.3 is 0 Å². The highest BCUT2D eigenvalue weighted by Crippen LogP contribution is 2.20. The molecule has 0 aliphatic rings. The molecule has 0 aliphatic carbocycles. The molecule has 0 saturated carbocycles. The van der Waals surface area contributed by atoms with E-state index in [2.05, 4.69) is 13.0 Å². The second-order valence-corrected chi connectivity index (χ2v) is 3.48. The SMILES string of the molecule is Cc1ccc(OC(C)C)c(CN)c1. The lowest BCUT2D eigenvalue weighted by atomic mass is 10.1. The molecule has 0 bridgehead atoms. The zero-order valence-corrected chi connectivity index (χ0v) is 8.50. The Kier molecular flexibility index (Phi) is 3.32. The first kappa shape index (κ1) is 10.1. The molecule has 0 heterocycles. The number of hydrogen-bond acceptors (Lipinski definition) is 2. The van der Waals surface area contributed by atoms with Gasteiger partial charge in [-0.15, -0.1) is 0 Å². The van der Waals surface area contributed by atoms with Crippen molar-refractivity contribution in [1.82, 2.24) is 0 Å². The van der Waals surface area contributed by atoms with E-state index in [1.54, 1.807) is 0 Å². The van der Waals surface area contributed by atoms with E-state index >= 15 is 0 Å². The summed E-state index contributed by atoms with van der Waals surface area (Å²) in [6.45, 7) is 6.61. The molecule has 2 N–H and O–H groups in total. The highest BCUT2D eigenvalue weighted by atomic mass is 16.5. The lowest BCUT2D eigenvalue weighted by Crippen LogP contribution is -2.09. The normalized spacial score (nSPS) is 10.5. The van der Waals surface area contributed by atoms with Gasteiger partial charge in [0.25, 0.3) is 0 Å². The van der Waals surface area contributed by atoms with E-state index in [1.165, 1.54) is 5.56 Å². The average Bonchev–Trinajstić information content (AvgIpc) is 2.07. The second kappa shape index (κ2) is 4.28. The standard InChI is InChI=1S/C11H17NO/c1-8(2)13-11-5-4-9(3)6-10(11)7-12/h4-6,8H,7,12H2,1-3H3. The molecular formula is C11H17NO. The van der Waals surface area contributed by atoms with Crippen molar-refractivity contribution in [3.63, 3.8) is 0 Å². The molecule has 2 heteroatoms. The number of benzene rings is 1. The molecule has 0 fully saturated rings. The van der Waals surface area contributed by atoms with Crippen LogP contribution in [0.3, 0.4) is 0 Å². The summed E-state index contributed by atoms with van der Waals surface area (Å²) in [7, 11) is 0. The first-order valence-corrected chi connectivity index (χ1v) is 4.59. The van der Waals surface area contributed by atoms with E-state index in [-0.39, 0.29) is 6.10 Å². The van der Waals surface area contributed by atoms with Crippen LogP contribution in [0.4, 0.5) is 0 Å². The van der Waals surface area contributed by atoms with Crippen LogP contribution < -0.4 is 10.5 Å². The maximum atomic E-state index is 5.62. The summed E-state index contributed by atoms with van der Waals surface area (Å²) in [5.74, 6) is 0.906. The van der Waals surface area contributed by atoms with Gasteiger partial charge < -0.3 is 10.5 Å². The number of aryl methyl sites for hydroxylation is 1. The van der Waals surface area contributed by atoms with Gasteiger partial charge in [-0.3, -0.25) is 0 Å². The molecule has 72 valence electrons. The number of nitrogens with two attached hydrogens (primary N) is 1. The van der Waals surface area contributed by atoms with Gasteiger partial charge in [-0.05, 0) is 26.8 Å². The average molecular weight is 179 g/mol. The largest absolute Gasteiger partial charge is 0.491 e. The molecule has 0 amide bonds. The van der Waals surface area contributed by atoms with E-state index in [4.69, 9.17) is 10.5 Å². The minimum Gasteiger partial charge on any atom is -0.491 e. The highest BCUT2D eigenvalue weighted by Gasteiger charge is 2.03. The quantitative estimate of drug-likeness (QED) is 0.772. The van der Waals surface area contributed by atoms with Crippen LogP contribution in [0.25, 0.3) is 0 Å². The van der Waals surface area contributed by atoms with Crippen LogP contribution >= 0.6 is 0 Å². The van der Waals surface area contributed by atoms with E-state index in [1.807, 2.05) is 26.0 Å². The van der Waals surface area contributed by atoms with Crippen LogP contribution in [0, 0.1) is 6.92 Å². The van der Waals surface area contributed by atoms with Crippen molar-refractivity contribution in [2.75, 3.05) is 0 Å².